The minimum atomic E-state index is -0.789. The predicted molar refractivity (Wildman–Crippen MR) is 88.9 cm³/mol. The molecule has 11 heteroatoms. The highest BCUT2D eigenvalue weighted by atomic mass is 79.9. The maximum atomic E-state index is 12.1. The van der Waals surface area contributed by atoms with Gasteiger partial charge in [-0.05, 0) is 25.1 Å². The minimum absolute atomic E-state index is 0.138. The van der Waals surface area contributed by atoms with Crippen LogP contribution in [-0.2, 0) is 4.74 Å². The zero-order valence-corrected chi connectivity index (χ0v) is 13.8. The normalized spacial score (nSPS) is 10.6. The Morgan fingerprint density at radius 3 is 2.57 bits per heavy atom. The van der Waals surface area contributed by atoms with E-state index in [0.717, 1.165) is 0 Å². The number of guanidine groups is 2. The van der Waals surface area contributed by atoms with Gasteiger partial charge in [0.2, 0.25) is 5.96 Å². The highest BCUT2D eigenvalue weighted by molar-refractivity contribution is 9.10. The molecule has 23 heavy (non-hydrogen) atoms. The number of amides is 2. The average molecular weight is 386 g/mol. The minimum Gasteiger partial charge on any atom is -0.449 e. The van der Waals surface area contributed by atoms with E-state index < -0.39 is 12.0 Å². The van der Waals surface area contributed by atoms with Crippen molar-refractivity contribution in [1.29, 1.82) is 0 Å². The third kappa shape index (κ3) is 6.22. The topological polar surface area (TPSA) is 170 Å². The number of hydrogen-bond donors (Lipinski definition) is 5. The molecule has 124 valence electrons. The van der Waals surface area contributed by atoms with Gasteiger partial charge in [0.15, 0.2) is 5.96 Å². The predicted octanol–water partition coefficient (Wildman–Crippen LogP) is 0.0596. The van der Waals surface area contributed by atoms with Gasteiger partial charge in [-0.15, -0.1) is 0 Å². The number of rotatable bonds is 3. The Bertz CT molecular complexity index is 656. The SMILES string of the molecule is CCOC(=O)NNC(=O)c1ccc(Br)cc1N=C(N)N=C(N)N. The summed E-state index contributed by atoms with van der Waals surface area (Å²) in [6, 6.07) is 4.64. The summed E-state index contributed by atoms with van der Waals surface area (Å²) >= 11 is 3.25. The molecule has 0 aromatic heterocycles. The van der Waals surface area contributed by atoms with Crippen molar-refractivity contribution in [1.82, 2.24) is 10.9 Å². The van der Waals surface area contributed by atoms with Gasteiger partial charge in [-0.25, -0.2) is 15.2 Å². The Labute approximate surface area is 140 Å². The lowest BCUT2D eigenvalue weighted by Gasteiger charge is -2.09. The standard InChI is InChI=1S/C12H16BrN7O3/c1-2-23-12(22)20-19-9(21)7-4-3-6(13)5-8(7)17-11(16)18-10(14)15/h3-5H,2H2,1H3,(H,19,21)(H,20,22)(H6,14,15,16,17,18). The van der Waals surface area contributed by atoms with E-state index in [0.29, 0.717) is 4.47 Å². The summed E-state index contributed by atoms with van der Waals surface area (Å²) < 4.78 is 5.28. The van der Waals surface area contributed by atoms with Gasteiger partial charge in [0.25, 0.3) is 5.91 Å². The van der Waals surface area contributed by atoms with Crippen molar-refractivity contribution < 1.29 is 14.3 Å². The van der Waals surface area contributed by atoms with Gasteiger partial charge in [0, 0.05) is 4.47 Å². The zero-order chi connectivity index (χ0) is 17.4. The van der Waals surface area contributed by atoms with Crippen molar-refractivity contribution in [3.05, 3.63) is 28.2 Å². The van der Waals surface area contributed by atoms with Crippen LogP contribution >= 0.6 is 15.9 Å². The zero-order valence-electron chi connectivity index (χ0n) is 12.2. The second-order valence-corrected chi connectivity index (χ2v) is 4.88. The first-order chi connectivity index (χ1) is 10.8. The molecule has 8 N–H and O–H groups in total. The number of nitrogens with zero attached hydrogens (tertiary/aromatic N) is 2. The molecule has 0 saturated carbocycles. The van der Waals surface area contributed by atoms with Crippen molar-refractivity contribution >= 4 is 45.5 Å². The van der Waals surface area contributed by atoms with E-state index in [1.165, 1.54) is 12.1 Å². The highest BCUT2D eigenvalue weighted by Gasteiger charge is 2.13. The van der Waals surface area contributed by atoms with Gasteiger partial charge in [0.1, 0.15) is 0 Å². The smallest absolute Gasteiger partial charge is 0.426 e. The van der Waals surface area contributed by atoms with Crippen LogP contribution in [0.5, 0.6) is 0 Å². The summed E-state index contributed by atoms with van der Waals surface area (Å²) in [7, 11) is 0. The number of ether oxygens (including phenoxy) is 1. The van der Waals surface area contributed by atoms with E-state index in [4.69, 9.17) is 17.2 Å². The summed E-state index contributed by atoms with van der Waals surface area (Å²) in [6.45, 7) is 1.81. The number of hydrogen-bond acceptors (Lipinski definition) is 4. The fourth-order valence-electron chi connectivity index (χ4n) is 1.41. The second kappa shape index (κ2) is 8.58. The van der Waals surface area contributed by atoms with Crippen molar-refractivity contribution in [3.8, 4) is 0 Å². The first kappa shape index (κ1) is 18.2. The van der Waals surface area contributed by atoms with Crippen LogP contribution in [0.4, 0.5) is 10.5 Å². The monoisotopic (exact) mass is 385 g/mol. The molecule has 0 aliphatic rings. The highest BCUT2D eigenvalue weighted by Crippen LogP contribution is 2.24. The summed E-state index contributed by atoms with van der Waals surface area (Å²) in [4.78, 5) is 30.8. The number of benzene rings is 1. The Morgan fingerprint density at radius 2 is 1.96 bits per heavy atom. The van der Waals surface area contributed by atoms with E-state index in [1.807, 2.05) is 0 Å². The van der Waals surface area contributed by atoms with Gasteiger partial charge in [0.05, 0.1) is 17.9 Å². The lowest BCUT2D eigenvalue weighted by molar-refractivity contribution is 0.0913. The molecule has 0 saturated heterocycles. The molecule has 1 rings (SSSR count). The molecule has 0 aliphatic carbocycles. The molecule has 10 nitrogen and oxygen atoms in total. The average Bonchev–Trinajstić information content (AvgIpc) is 2.44. The number of hydrazine groups is 1. The number of halogens is 1. The van der Waals surface area contributed by atoms with Crippen LogP contribution < -0.4 is 28.1 Å². The largest absolute Gasteiger partial charge is 0.449 e. The third-order valence-electron chi connectivity index (χ3n) is 2.24. The summed E-state index contributed by atoms with van der Waals surface area (Å²) in [5.74, 6) is -1.12. The van der Waals surface area contributed by atoms with Crippen molar-refractivity contribution in [3.63, 3.8) is 0 Å². The van der Waals surface area contributed by atoms with Crippen LogP contribution in [-0.4, -0.2) is 30.5 Å². The van der Waals surface area contributed by atoms with Crippen LogP contribution in [0.1, 0.15) is 17.3 Å². The number of nitrogens with two attached hydrogens (primary N) is 3. The first-order valence-electron chi connectivity index (χ1n) is 6.30. The van der Waals surface area contributed by atoms with E-state index in [-0.39, 0.29) is 29.8 Å². The molecule has 0 heterocycles. The van der Waals surface area contributed by atoms with Crippen molar-refractivity contribution in [2.45, 2.75) is 6.92 Å². The summed E-state index contributed by atoms with van der Waals surface area (Å²) in [5, 5.41) is 0. The van der Waals surface area contributed by atoms with E-state index in [1.54, 1.807) is 13.0 Å². The Hall–Kier alpha value is -2.82. The molecule has 1 aromatic carbocycles. The second-order valence-electron chi connectivity index (χ2n) is 3.97. The Balaban J connectivity index is 3.00. The third-order valence-corrected chi connectivity index (χ3v) is 2.73. The number of aliphatic imine (C=N–C) groups is 2. The Morgan fingerprint density at radius 1 is 1.26 bits per heavy atom. The lowest BCUT2D eigenvalue weighted by Crippen LogP contribution is -2.42. The van der Waals surface area contributed by atoms with Crippen LogP contribution in [0.15, 0.2) is 32.7 Å². The van der Waals surface area contributed by atoms with Gasteiger partial charge >= 0.3 is 6.09 Å². The van der Waals surface area contributed by atoms with Crippen LogP contribution in [0, 0.1) is 0 Å². The van der Waals surface area contributed by atoms with E-state index in [9.17, 15) is 9.59 Å². The fraction of sp³-hybridized carbons (Fsp3) is 0.167. The van der Waals surface area contributed by atoms with Crippen LogP contribution in [0.3, 0.4) is 0 Å². The molecule has 0 atom stereocenters. The summed E-state index contributed by atoms with van der Waals surface area (Å²) in [6.07, 6.45) is -0.789. The maximum Gasteiger partial charge on any atom is 0.426 e. The van der Waals surface area contributed by atoms with Crippen LogP contribution in [0.2, 0.25) is 0 Å². The molecule has 1 aromatic rings. The number of nitrogens with one attached hydrogen (secondary N) is 2. The molecule has 0 radical (unpaired) electrons. The van der Waals surface area contributed by atoms with Crippen LogP contribution in [0.25, 0.3) is 0 Å². The molecular formula is C12H16BrN7O3. The molecule has 0 bridgehead atoms. The fourth-order valence-corrected chi connectivity index (χ4v) is 1.76. The van der Waals surface area contributed by atoms with Gasteiger partial charge in [-0.3, -0.25) is 10.2 Å². The molecule has 0 spiro atoms. The van der Waals surface area contributed by atoms with Gasteiger partial charge in [-0.1, -0.05) is 15.9 Å². The van der Waals surface area contributed by atoms with E-state index >= 15 is 0 Å². The summed E-state index contributed by atoms with van der Waals surface area (Å²) in [5.41, 5.74) is 20.6. The number of carbonyl (C=O) groups excluding carboxylic acids is 2. The van der Waals surface area contributed by atoms with E-state index in [2.05, 4.69) is 41.5 Å². The maximum absolute atomic E-state index is 12.1. The molecular weight excluding hydrogens is 370 g/mol. The molecule has 0 aliphatic heterocycles. The van der Waals surface area contributed by atoms with Gasteiger partial charge < -0.3 is 21.9 Å². The number of carbonyl (C=O) groups is 2. The molecule has 2 amide bonds. The molecule has 0 unspecified atom stereocenters. The lowest BCUT2D eigenvalue weighted by atomic mass is 10.2. The van der Waals surface area contributed by atoms with Gasteiger partial charge in [-0.2, -0.15) is 4.99 Å². The van der Waals surface area contributed by atoms with Crippen molar-refractivity contribution in [2.24, 2.45) is 27.2 Å². The quantitative estimate of drug-likeness (QED) is 0.279. The first-order valence-corrected chi connectivity index (χ1v) is 7.09. The van der Waals surface area contributed by atoms with Crippen molar-refractivity contribution in [2.75, 3.05) is 6.61 Å². The Kier molecular flexibility index (Phi) is 6.80. The molecule has 0 fully saturated rings.